The first-order valence-electron chi connectivity index (χ1n) is 5.56. The van der Waals surface area contributed by atoms with Crippen molar-refractivity contribution in [2.75, 3.05) is 7.11 Å². The van der Waals surface area contributed by atoms with Gasteiger partial charge in [0.1, 0.15) is 5.75 Å². The zero-order chi connectivity index (χ0) is 14.9. The summed E-state index contributed by atoms with van der Waals surface area (Å²) in [6.07, 6.45) is 0. The summed E-state index contributed by atoms with van der Waals surface area (Å²) in [5.74, 6) is 0.710. The number of ether oxygens (including phenoxy) is 1. The topological polar surface area (TPSA) is 9.23 Å². The minimum Gasteiger partial charge on any atom is -0.495 e. The third kappa shape index (κ3) is 3.45. The summed E-state index contributed by atoms with van der Waals surface area (Å²) < 4.78 is 6.22. The maximum atomic E-state index is 6.25. The van der Waals surface area contributed by atoms with Gasteiger partial charge in [0.25, 0.3) is 0 Å². The normalized spacial score (nSPS) is 12.3. The molecule has 0 aliphatic heterocycles. The minimum atomic E-state index is -0.155. The van der Waals surface area contributed by atoms with Crippen molar-refractivity contribution in [3.63, 3.8) is 0 Å². The molecule has 1 atom stereocenters. The van der Waals surface area contributed by atoms with E-state index in [4.69, 9.17) is 39.5 Å². The van der Waals surface area contributed by atoms with Crippen LogP contribution in [0.4, 0.5) is 0 Å². The van der Waals surface area contributed by atoms with Crippen LogP contribution in [0.25, 0.3) is 0 Å². The molecular weight excluding hydrogens is 450 g/mol. The largest absolute Gasteiger partial charge is 0.495 e. The van der Waals surface area contributed by atoms with Gasteiger partial charge in [-0.1, -0.05) is 56.8 Å². The lowest BCUT2D eigenvalue weighted by molar-refractivity contribution is 0.408. The Morgan fingerprint density at radius 1 is 1.00 bits per heavy atom. The van der Waals surface area contributed by atoms with Gasteiger partial charge in [-0.05, 0) is 45.8 Å². The lowest BCUT2D eigenvalue weighted by atomic mass is 10.0. The molecule has 20 heavy (non-hydrogen) atoms. The molecule has 0 amide bonds. The molecule has 1 nitrogen and oxygen atoms in total. The maximum Gasteiger partial charge on any atom is 0.137 e. The van der Waals surface area contributed by atoms with Crippen LogP contribution in [0.1, 0.15) is 16.0 Å². The molecule has 0 spiro atoms. The molecule has 0 aliphatic carbocycles. The number of hydrogen-bond donors (Lipinski definition) is 0. The van der Waals surface area contributed by atoms with E-state index < -0.39 is 0 Å². The van der Waals surface area contributed by atoms with E-state index in [1.807, 2.05) is 12.1 Å². The van der Waals surface area contributed by atoms with Crippen LogP contribution in [0.2, 0.25) is 15.1 Å². The van der Waals surface area contributed by atoms with E-state index in [1.165, 1.54) is 0 Å². The lowest BCUT2D eigenvalue weighted by Gasteiger charge is -2.17. The minimum absolute atomic E-state index is 0.155. The summed E-state index contributed by atoms with van der Waals surface area (Å²) in [5, 5.41) is 1.79. The molecule has 0 saturated heterocycles. The van der Waals surface area contributed by atoms with Crippen molar-refractivity contribution >= 4 is 66.7 Å². The van der Waals surface area contributed by atoms with Crippen LogP contribution in [0.5, 0.6) is 5.75 Å². The van der Waals surface area contributed by atoms with E-state index in [-0.39, 0.29) is 4.83 Å². The summed E-state index contributed by atoms with van der Waals surface area (Å²) in [4.78, 5) is -0.155. The van der Waals surface area contributed by atoms with Crippen LogP contribution < -0.4 is 4.74 Å². The first-order chi connectivity index (χ1) is 9.43. The highest BCUT2D eigenvalue weighted by molar-refractivity contribution is 9.10. The Labute approximate surface area is 149 Å². The van der Waals surface area contributed by atoms with Crippen LogP contribution in [0, 0.1) is 0 Å². The van der Waals surface area contributed by atoms with Gasteiger partial charge in [-0.15, -0.1) is 0 Å². The van der Waals surface area contributed by atoms with Crippen LogP contribution >= 0.6 is 66.7 Å². The Balaban J connectivity index is 2.55. The van der Waals surface area contributed by atoms with Gasteiger partial charge in [-0.25, -0.2) is 0 Å². The van der Waals surface area contributed by atoms with Gasteiger partial charge in [-0.3, -0.25) is 0 Å². The molecule has 0 radical (unpaired) electrons. The van der Waals surface area contributed by atoms with Crippen molar-refractivity contribution in [1.82, 2.24) is 0 Å². The van der Waals surface area contributed by atoms with E-state index in [1.54, 1.807) is 25.3 Å². The van der Waals surface area contributed by atoms with Gasteiger partial charge in [0.2, 0.25) is 0 Å². The predicted molar refractivity (Wildman–Crippen MR) is 92.9 cm³/mol. The monoisotopic (exact) mass is 456 g/mol. The first kappa shape index (κ1) is 16.4. The second-order valence-corrected chi connectivity index (χ2v) is 7.09. The smallest absolute Gasteiger partial charge is 0.137 e. The van der Waals surface area contributed by atoms with Crippen molar-refractivity contribution < 1.29 is 4.74 Å². The van der Waals surface area contributed by atoms with Crippen molar-refractivity contribution in [2.24, 2.45) is 0 Å². The summed E-state index contributed by atoms with van der Waals surface area (Å²) in [6, 6.07) is 9.00. The Morgan fingerprint density at radius 3 is 2.30 bits per heavy atom. The fourth-order valence-corrected chi connectivity index (χ4v) is 4.24. The summed E-state index contributed by atoms with van der Waals surface area (Å²) in [6.45, 7) is 0. The van der Waals surface area contributed by atoms with Gasteiger partial charge >= 0.3 is 0 Å². The Morgan fingerprint density at radius 2 is 1.70 bits per heavy atom. The third-order valence-corrected chi connectivity index (χ3v) is 5.11. The molecule has 0 bridgehead atoms. The molecule has 0 saturated carbocycles. The lowest BCUT2D eigenvalue weighted by Crippen LogP contribution is -1.99. The molecule has 0 N–H and O–H groups in total. The molecule has 0 heterocycles. The maximum absolute atomic E-state index is 6.25. The Kier molecular flexibility index (Phi) is 5.66. The molecule has 106 valence electrons. The number of methoxy groups -OCH3 is 1. The number of benzene rings is 2. The molecule has 0 fully saturated rings. The molecule has 0 aliphatic rings. The van der Waals surface area contributed by atoms with Crippen molar-refractivity contribution in [3.05, 3.63) is 61.0 Å². The highest BCUT2D eigenvalue weighted by Crippen LogP contribution is 2.44. The van der Waals surface area contributed by atoms with Gasteiger partial charge in [0, 0.05) is 20.6 Å². The molecule has 6 heteroatoms. The van der Waals surface area contributed by atoms with Crippen LogP contribution in [-0.4, -0.2) is 7.11 Å². The fourth-order valence-electron chi connectivity index (χ4n) is 1.86. The zero-order valence-corrected chi connectivity index (χ0v) is 15.7. The summed E-state index contributed by atoms with van der Waals surface area (Å²) in [7, 11) is 1.61. The molecule has 2 aromatic carbocycles. The second-order valence-electron chi connectivity index (χ2n) is 4.04. The van der Waals surface area contributed by atoms with Crippen LogP contribution in [0.15, 0.2) is 34.8 Å². The van der Waals surface area contributed by atoms with E-state index in [0.29, 0.717) is 20.8 Å². The fraction of sp³-hybridized carbons (Fsp3) is 0.143. The van der Waals surface area contributed by atoms with Crippen molar-refractivity contribution in [2.45, 2.75) is 4.83 Å². The highest BCUT2D eigenvalue weighted by atomic mass is 79.9. The molecule has 0 aromatic heterocycles. The number of alkyl halides is 1. The number of rotatable bonds is 3. The van der Waals surface area contributed by atoms with Crippen LogP contribution in [0.3, 0.4) is 0 Å². The molecule has 1 unspecified atom stereocenters. The van der Waals surface area contributed by atoms with Gasteiger partial charge < -0.3 is 4.74 Å². The number of halogens is 5. The van der Waals surface area contributed by atoms with Crippen molar-refractivity contribution in [1.29, 1.82) is 0 Å². The average molecular weight is 459 g/mol. The Hall–Kier alpha value is 0.0700. The van der Waals surface area contributed by atoms with Gasteiger partial charge in [0.05, 0.1) is 16.4 Å². The quantitative estimate of drug-likeness (QED) is 0.454. The number of hydrogen-bond acceptors (Lipinski definition) is 1. The standard InChI is InChI=1S/C14H9Br2Cl3O/c1-20-14-10(4-8(18)5-11(14)15)13(16)9-3-2-7(17)6-12(9)19/h2-6,13H,1H3. The molecule has 2 rings (SSSR count). The Bertz CT molecular complexity index is 647. The van der Waals surface area contributed by atoms with Gasteiger partial charge in [-0.2, -0.15) is 0 Å². The second kappa shape index (κ2) is 6.89. The average Bonchev–Trinajstić information content (AvgIpc) is 2.37. The predicted octanol–water partition coefficient (Wildman–Crippen LogP) is 6.90. The van der Waals surface area contributed by atoms with Gasteiger partial charge in [0.15, 0.2) is 0 Å². The van der Waals surface area contributed by atoms with E-state index in [0.717, 1.165) is 15.6 Å². The SMILES string of the molecule is COc1c(Br)cc(Cl)cc1C(Br)c1ccc(Cl)cc1Cl. The summed E-state index contributed by atoms with van der Waals surface area (Å²) in [5.41, 5.74) is 1.78. The van der Waals surface area contributed by atoms with E-state index >= 15 is 0 Å². The van der Waals surface area contributed by atoms with Crippen LogP contribution in [-0.2, 0) is 0 Å². The van der Waals surface area contributed by atoms with Crippen molar-refractivity contribution in [3.8, 4) is 5.75 Å². The first-order valence-corrected chi connectivity index (χ1v) is 8.40. The third-order valence-electron chi connectivity index (χ3n) is 2.75. The summed E-state index contributed by atoms with van der Waals surface area (Å²) >= 11 is 25.4. The molecular formula is C14H9Br2Cl3O. The van der Waals surface area contributed by atoms with E-state index in [2.05, 4.69) is 31.9 Å². The zero-order valence-electron chi connectivity index (χ0n) is 10.3. The van der Waals surface area contributed by atoms with E-state index in [9.17, 15) is 0 Å². The molecule has 2 aromatic rings. The highest BCUT2D eigenvalue weighted by Gasteiger charge is 2.20.